The maximum absolute atomic E-state index is 11.2. The predicted octanol–water partition coefficient (Wildman–Crippen LogP) is -0.500. The summed E-state index contributed by atoms with van der Waals surface area (Å²) in [6.07, 6.45) is 1.63. The lowest BCUT2D eigenvalue weighted by Gasteiger charge is -2.13. The first-order valence-corrected chi connectivity index (χ1v) is 5.34. The predicted molar refractivity (Wildman–Crippen MR) is 58.7 cm³/mol. The van der Waals surface area contributed by atoms with Crippen molar-refractivity contribution in [1.82, 2.24) is 10.6 Å². The maximum Gasteiger partial charge on any atom is 0.233 e. The van der Waals surface area contributed by atoms with E-state index in [1.807, 2.05) is 6.92 Å². The minimum atomic E-state index is -0.0435. The molecule has 0 aliphatic heterocycles. The summed E-state index contributed by atoms with van der Waals surface area (Å²) in [5.74, 6) is -0.0435. The third kappa shape index (κ3) is 8.35. The first kappa shape index (κ1) is 14.3. The Hall–Kier alpha value is -0.650. The zero-order valence-electron chi connectivity index (χ0n) is 9.58. The minimum absolute atomic E-state index is 0.00900. The van der Waals surface area contributed by atoms with Gasteiger partial charge in [0.25, 0.3) is 0 Å². The van der Waals surface area contributed by atoms with Crippen molar-refractivity contribution in [3.05, 3.63) is 0 Å². The van der Waals surface area contributed by atoms with Gasteiger partial charge in [-0.2, -0.15) is 0 Å². The van der Waals surface area contributed by atoms with Crippen LogP contribution in [0.4, 0.5) is 0 Å². The number of nitrogens with one attached hydrogen (secondary N) is 2. The first-order valence-electron chi connectivity index (χ1n) is 5.34. The SMILES string of the molecule is CCC(CO)NCC(=O)NCCCOC. The van der Waals surface area contributed by atoms with Crippen LogP contribution >= 0.6 is 0 Å². The van der Waals surface area contributed by atoms with Crippen LogP contribution in [0, 0.1) is 0 Å². The number of carbonyl (C=O) groups is 1. The lowest BCUT2D eigenvalue weighted by molar-refractivity contribution is -0.120. The van der Waals surface area contributed by atoms with E-state index < -0.39 is 0 Å². The smallest absolute Gasteiger partial charge is 0.233 e. The van der Waals surface area contributed by atoms with Crippen LogP contribution in [0.15, 0.2) is 0 Å². The summed E-state index contributed by atoms with van der Waals surface area (Å²) < 4.78 is 4.86. The molecule has 3 N–H and O–H groups in total. The second-order valence-corrected chi connectivity index (χ2v) is 3.36. The highest BCUT2D eigenvalue weighted by atomic mass is 16.5. The Morgan fingerprint density at radius 1 is 1.53 bits per heavy atom. The van der Waals surface area contributed by atoms with E-state index in [9.17, 15) is 4.79 Å². The molecule has 1 unspecified atom stereocenters. The Kier molecular flexibility index (Phi) is 9.46. The van der Waals surface area contributed by atoms with Gasteiger partial charge >= 0.3 is 0 Å². The number of aliphatic hydroxyl groups excluding tert-OH is 1. The monoisotopic (exact) mass is 218 g/mol. The molecule has 0 aliphatic carbocycles. The summed E-state index contributed by atoms with van der Waals surface area (Å²) in [6, 6.07) is 0.00900. The number of methoxy groups -OCH3 is 1. The molecule has 0 aromatic heterocycles. The summed E-state index contributed by atoms with van der Waals surface area (Å²) in [7, 11) is 1.64. The molecule has 0 aromatic carbocycles. The quantitative estimate of drug-likeness (QED) is 0.456. The molecule has 1 atom stereocenters. The molecule has 0 saturated carbocycles. The third-order valence-electron chi connectivity index (χ3n) is 2.11. The molecule has 0 aliphatic rings. The van der Waals surface area contributed by atoms with Gasteiger partial charge in [0.15, 0.2) is 0 Å². The number of ether oxygens (including phenoxy) is 1. The molecular formula is C10H22N2O3. The van der Waals surface area contributed by atoms with Gasteiger partial charge in [-0.15, -0.1) is 0 Å². The molecule has 0 radical (unpaired) electrons. The zero-order chi connectivity index (χ0) is 11.5. The van der Waals surface area contributed by atoms with Crippen molar-refractivity contribution in [2.24, 2.45) is 0 Å². The molecule has 0 aromatic rings. The average Bonchev–Trinajstić information content (AvgIpc) is 2.26. The van der Waals surface area contributed by atoms with Gasteiger partial charge in [0, 0.05) is 26.3 Å². The minimum Gasteiger partial charge on any atom is -0.395 e. The zero-order valence-corrected chi connectivity index (χ0v) is 9.58. The van der Waals surface area contributed by atoms with Crippen LogP contribution in [-0.2, 0) is 9.53 Å². The van der Waals surface area contributed by atoms with Crippen molar-refractivity contribution < 1.29 is 14.6 Å². The van der Waals surface area contributed by atoms with E-state index in [0.717, 1.165) is 12.8 Å². The van der Waals surface area contributed by atoms with Crippen LogP contribution in [0.2, 0.25) is 0 Å². The molecule has 0 rings (SSSR count). The highest BCUT2D eigenvalue weighted by Crippen LogP contribution is 1.87. The molecular weight excluding hydrogens is 196 g/mol. The third-order valence-corrected chi connectivity index (χ3v) is 2.11. The number of amides is 1. The Bertz CT molecular complexity index is 161. The number of hydrogen-bond acceptors (Lipinski definition) is 4. The normalized spacial score (nSPS) is 12.5. The molecule has 0 bridgehead atoms. The largest absolute Gasteiger partial charge is 0.395 e. The van der Waals surface area contributed by atoms with E-state index in [1.165, 1.54) is 0 Å². The van der Waals surface area contributed by atoms with Crippen LogP contribution < -0.4 is 10.6 Å². The van der Waals surface area contributed by atoms with Gasteiger partial charge in [-0.05, 0) is 12.8 Å². The second kappa shape index (κ2) is 9.89. The molecule has 0 fully saturated rings. The standard InChI is InChI=1S/C10H22N2O3/c1-3-9(8-13)12-7-10(14)11-5-4-6-15-2/h9,12-13H,3-8H2,1-2H3,(H,11,14). The van der Waals surface area contributed by atoms with Crippen LogP contribution in [0.1, 0.15) is 19.8 Å². The van der Waals surface area contributed by atoms with Gasteiger partial charge in [-0.3, -0.25) is 4.79 Å². The fraction of sp³-hybridized carbons (Fsp3) is 0.900. The molecule has 5 nitrogen and oxygen atoms in total. The number of aliphatic hydroxyl groups is 1. The van der Waals surface area contributed by atoms with Crippen LogP contribution in [-0.4, -0.2) is 50.5 Å². The van der Waals surface area contributed by atoms with Crippen molar-refractivity contribution in [2.45, 2.75) is 25.8 Å². The molecule has 0 saturated heterocycles. The fourth-order valence-electron chi connectivity index (χ4n) is 1.08. The lowest BCUT2D eigenvalue weighted by atomic mass is 10.2. The first-order chi connectivity index (χ1) is 7.24. The van der Waals surface area contributed by atoms with Crippen molar-refractivity contribution in [3.8, 4) is 0 Å². The van der Waals surface area contributed by atoms with E-state index in [0.29, 0.717) is 13.2 Å². The Morgan fingerprint density at radius 3 is 2.80 bits per heavy atom. The van der Waals surface area contributed by atoms with Crippen LogP contribution in [0.5, 0.6) is 0 Å². The number of carbonyl (C=O) groups excluding carboxylic acids is 1. The number of rotatable bonds is 9. The van der Waals surface area contributed by atoms with Crippen LogP contribution in [0.3, 0.4) is 0 Å². The molecule has 15 heavy (non-hydrogen) atoms. The average molecular weight is 218 g/mol. The highest BCUT2D eigenvalue weighted by Gasteiger charge is 2.06. The summed E-state index contributed by atoms with van der Waals surface area (Å²) >= 11 is 0. The Labute approximate surface area is 91.2 Å². The fourth-order valence-corrected chi connectivity index (χ4v) is 1.08. The summed E-state index contributed by atoms with van der Waals surface area (Å²) in [5, 5.41) is 14.6. The van der Waals surface area contributed by atoms with E-state index in [2.05, 4.69) is 10.6 Å². The lowest BCUT2D eigenvalue weighted by Crippen LogP contribution is -2.40. The van der Waals surface area contributed by atoms with Gasteiger partial charge in [0.2, 0.25) is 5.91 Å². The Morgan fingerprint density at radius 2 is 2.27 bits per heavy atom. The van der Waals surface area contributed by atoms with Gasteiger partial charge in [0.1, 0.15) is 0 Å². The van der Waals surface area contributed by atoms with Crippen molar-refractivity contribution in [3.63, 3.8) is 0 Å². The van der Waals surface area contributed by atoms with Crippen LogP contribution in [0.25, 0.3) is 0 Å². The molecule has 0 spiro atoms. The van der Waals surface area contributed by atoms with Gasteiger partial charge < -0.3 is 20.5 Å². The summed E-state index contributed by atoms with van der Waals surface area (Å²) in [6.45, 7) is 3.57. The van der Waals surface area contributed by atoms with E-state index >= 15 is 0 Å². The van der Waals surface area contributed by atoms with Crippen molar-refractivity contribution >= 4 is 5.91 Å². The highest BCUT2D eigenvalue weighted by molar-refractivity contribution is 5.77. The molecule has 0 heterocycles. The van der Waals surface area contributed by atoms with Gasteiger partial charge in [0.05, 0.1) is 13.2 Å². The Balaban J connectivity index is 3.40. The van der Waals surface area contributed by atoms with Gasteiger partial charge in [-0.1, -0.05) is 6.92 Å². The molecule has 90 valence electrons. The molecule has 5 heteroatoms. The maximum atomic E-state index is 11.2. The summed E-state index contributed by atoms with van der Waals surface area (Å²) in [5.41, 5.74) is 0. The van der Waals surface area contributed by atoms with Crippen molar-refractivity contribution in [1.29, 1.82) is 0 Å². The number of hydrogen-bond donors (Lipinski definition) is 3. The topological polar surface area (TPSA) is 70.6 Å². The van der Waals surface area contributed by atoms with Gasteiger partial charge in [-0.25, -0.2) is 0 Å². The van der Waals surface area contributed by atoms with E-state index in [4.69, 9.17) is 9.84 Å². The van der Waals surface area contributed by atoms with Crippen molar-refractivity contribution in [2.75, 3.05) is 33.4 Å². The van der Waals surface area contributed by atoms with E-state index in [1.54, 1.807) is 7.11 Å². The van der Waals surface area contributed by atoms with E-state index in [-0.39, 0.29) is 25.1 Å². The molecule has 1 amide bonds. The summed E-state index contributed by atoms with van der Waals surface area (Å²) in [4.78, 5) is 11.2. The second-order valence-electron chi connectivity index (χ2n) is 3.36.